The van der Waals surface area contributed by atoms with Crippen LogP contribution in [0.15, 0.2) is 63.5 Å². The third-order valence-electron chi connectivity index (χ3n) is 4.09. The smallest absolute Gasteiger partial charge is 0.302 e. The second kappa shape index (κ2) is 7.17. The molecule has 0 unspecified atom stereocenters. The molecule has 5 nitrogen and oxygen atoms in total. The molecule has 1 aliphatic rings. The predicted octanol–water partition coefficient (Wildman–Crippen LogP) is 4.76. The molecule has 28 heavy (non-hydrogen) atoms. The summed E-state index contributed by atoms with van der Waals surface area (Å²) in [5.41, 5.74) is 1.51. The molecule has 0 bridgehead atoms. The van der Waals surface area contributed by atoms with E-state index >= 15 is 0 Å². The molecule has 0 radical (unpaired) electrons. The van der Waals surface area contributed by atoms with Gasteiger partial charge in [0.25, 0.3) is 0 Å². The Bertz CT molecular complexity index is 1010. The third kappa shape index (κ3) is 3.37. The van der Waals surface area contributed by atoms with Gasteiger partial charge in [-0.25, -0.2) is 0 Å². The monoisotopic (exact) mass is 422 g/mol. The molecule has 10 heteroatoms. The Morgan fingerprint density at radius 3 is 2.14 bits per heavy atom. The number of hydrogen-bond acceptors (Lipinski definition) is 5. The van der Waals surface area contributed by atoms with Crippen LogP contribution in [0.2, 0.25) is 0 Å². The van der Waals surface area contributed by atoms with Crippen molar-refractivity contribution in [2.45, 2.75) is 21.1 Å². The minimum atomic E-state index is -4.59. The van der Waals surface area contributed by atoms with Gasteiger partial charge in [-0.2, -0.15) is 13.2 Å². The fourth-order valence-electron chi connectivity index (χ4n) is 2.85. The highest BCUT2D eigenvalue weighted by molar-refractivity contribution is 8.00. The number of anilines is 2. The van der Waals surface area contributed by atoms with E-state index in [1.54, 1.807) is 16.7 Å². The van der Waals surface area contributed by atoms with Crippen molar-refractivity contribution in [1.82, 2.24) is 14.8 Å². The number of hydrogen-bond donors (Lipinski definition) is 0. The summed E-state index contributed by atoms with van der Waals surface area (Å²) in [5.74, 6) is -1.41. The first-order valence-electron chi connectivity index (χ1n) is 8.14. The summed E-state index contributed by atoms with van der Waals surface area (Å²) in [6.45, 7) is 0. The van der Waals surface area contributed by atoms with Gasteiger partial charge in [0.05, 0.1) is 17.1 Å². The maximum atomic E-state index is 13.0. The summed E-state index contributed by atoms with van der Waals surface area (Å²) in [7, 11) is 1.23. The number of amides is 1. The van der Waals surface area contributed by atoms with Crippen molar-refractivity contribution in [3.63, 3.8) is 0 Å². The fraction of sp³-hybridized carbons (Fsp3) is 0.167. The van der Waals surface area contributed by atoms with Gasteiger partial charge in [-0.3, -0.25) is 9.69 Å². The first-order valence-corrected chi connectivity index (χ1v) is 9.94. The molecule has 144 valence electrons. The van der Waals surface area contributed by atoms with Gasteiger partial charge in [-0.15, -0.1) is 10.2 Å². The van der Waals surface area contributed by atoms with Crippen molar-refractivity contribution in [1.29, 1.82) is 0 Å². The average Bonchev–Trinajstić information content (AvgIpc) is 3.05. The highest BCUT2D eigenvalue weighted by atomic mass is 32.2. The van der Waals surface area contributed by atoms with Crippen molar-refractivity contribution in [2.75, 3.05) is 10.7 Å². The molecule has 0 aliphatic carbocycles. The number of rotatable bonds is 3. The Labute approximate surface area is 166 Å². The van der Waals surface area contributed by atoms with Crippen LogP contribution in [0.25, 0.3) is 0 Å². The number of para-hydroxylation sites is 2. The summed E-state index contributed by atoms with van der Waals surface area (Å²) in [4.78, 5) is 16.5. The minimum absolute atomic E-state index is 0.0358. The second-order valence-electron chi connectivity index (χ2n) is 5.92. The Kier molecular flexibility index (Phi) is 4.84. The summed E-state index contributed by atoms with van der Waals surface area (Å²) in [6.07, 6.45) is -4.59. The van der Waals surface area contributed by atoms with Crippen molar-refractivity contribution >= 4 is 40.8 Å². The molecule has 1 aliphatic heterocycles. The van der Waals surface area contributed by atoms with Crippen molar-refractivity contribution in [2.24, 2.45) is 7.05 Å². The molecular weight excluding hydrogens is 409 g/mol. The molecule has 0 N–H and O–H groups in total. The van der Waals surface area contributed by atoms with E-state index in [0.29, 0.717) is 0 Å². The molecule has 2 heterocycles. The van der Waals surface area contributed by atoms with Crippen LogP contribution in [-0.2, 0) is 18.0 Å². The van der Waals surface area contributed by atoms with E-state index in [2.05, 4.69) is 10.2 Å². The molecule has 0 saturated heterocycles. The van der Waals surface area contributed by atoms with Crippen molar-refractivity contribution in [3.8, 4) is 0 Å². The molecule has 3 aromatic rings. The van der Waals surface area contributed by atoms with E-state index in [9.17, 15) is 18.0 Å². The lowest BCUT2D eigenvalue weighted by Gasteiger charge is -2.30. The van der Waals surface area contributed by atoms with Crippen LogP contribution in [-0.4, -0.2) is 26.4 Å². The number of nitrogens with zero attached hydrogens (tertiary/aromatic N) is 4. The lowest BCUT2D eigenvalue weighted by atomic mass is 10.2. The van der Waals surface area contributed by atoms with Crippen LogP contribution < -0.4 is 4.90 Å². The van der Waals surface area contributed by atoms with E-state index in [-0.39, 0.29) is 16.8 Å². The molecular formula is C18H13F3N4OS2. The number of fused-ring (bicyclic) bond motifs is 2. The number of carbonyl (C=O) groups is 1. The van der Waals surface area contributed by atoms with Crippen LogP contribution in [0.5, 0.6) is 0 Å². The number of benzene rings is 2. The third-order valence-corrected chi connectivity index (χ3v) is 6.23. The summed E-state index contributed by atoms with van der Waals surface area (Å²) in [5, 5.41) is 6.79. The standard InChI is InChI=1S/C18H13F3N4OS2/c1-24-16(18(19,20)21)22-23-17(24)27-10-15(26)25-11-6-2-4-8-13(11)28-14-9-5-3-7-12(14)25/h2-9H,10H2,1H3. The zero-order valence-electron chi connectivity index (χ0n) is 14.5. The van der Waals surface area contributed by atoms with Gasteiger partial charge >= 0.3 is 6.18 Å². The quantitative estimate of drug-likeness (QED) is 0.570. The molecule has 1 amide bonds. The van der Waals surface area contributed by atoms with E-state index < -0.39 is 12.0 Å². The number of alkyl halides is 3. The molecule has 2 aromatic carbocycles. The zero-order chi connectivity index (χ0) is 19.9. The van der Waals surface area contributed by atoms with Crippen LogP contribution in [0, 0.1) is 0 Å². The molecule has 0 saturated carbocycles. The molecule has 1 aromatic heterocycles. The number of aromatic nitrogens is 3. The van der Waals surface area contributed by atoms with Gasteiger partial charge in [-0.1, -0.05) is 47.8 Å². The Hall–Kier alpha value is -2.46. The highest BCUT2D eigenvalue weighted by Crippen LogP contribution is 2.48. The van der Waals surface area contributed by atoms with E-state index in [1.165, 1.54) is 7.05 Å². The normalized spacial score (nSPS) is 13.2. The van der Waals surface area contributed by atoms with Crippen LogP contribution in [0.1, 0.15) is 5.82 Å². The van der Waals surface area contributed by atoms with E-state index in [1.807, 2.05) is 48.5 Å². The van der Waals surface area contributed by atoms with E-state index in [0.717, 1.165) is 37.5 Å². The van der Waals surface area contributed by atoms with E-state index in [4.69, 9.17) is 0 Å². The predicted molar refractivity (Wildman–Crippen MR) is 101 cm³/mol. The largest absolute Gasteiger partial charge is 0.451 e. The number of thioether (sulfide) groups is 1. The van der Waals surface area contributed by atoms with Crippen molar-refractivity contribution in [3.05, 3.63) is 54.4 Å². The highest BCUT2D eigenvalue weighted by Gasteiger charge is 2.37. The van der Waals surface area contributed by atoms with Gasteiger partial charge in [0.2, 0.25) is 11.7 Å². The van der Waals surface area contributed by atoms with Gasteiger partial charge in [0, 0.05) is 16.8 Å². The summed E-state index contributed by atoms with van der Waals surface area (Å²) >= 11 is 2.50. The van der Waals surface area contributed by atoms with Gasteiger partial charge < -0.3 is 4.57 Å². The first kappa shape index (κ1) is 18.9. The molecule has 0 spiro atoms. The van der Waals surface area contributed by atoms with Gasteiger partial charge in [0.15, 0.2) is 5.16 Å². The van der Waals surface area contributed by atoms with Crippen LogP contribution in [0.4, 0.5) is 24.5 Å². The van der Waals surface area contributed by atoms with Gasteiger partial charge in [0.1, 0.15) is 0 Å². The first-order chi connectivity index (χ1) is 13.4. The molecule has 0 atom stereocenters. The Balaban J connectivity index is 1.60. The lowest BCUT2D eigenvalue weighted by molar-refractivity contribution is -0.147. The fourth-order valence-corrected chi connectivity index (χ4v) is 4.67. The SMILES string of the molecule is Cn1c(SCC(=O)N2c3ccccc3Sc3ccccc32)nnc1C(F)(F)F. The topological polar surface area (TPSA) is 51.0 Å². The second-order valence-corrected chi connectivity index (χ2v) is 7.94. The average molecular weight is 422 g/mol. The Morgan fingerprint density at radius 1 is 1.04 bits per heavy atom. The molecule has 0 fully saturated rings. The summed E-state index contributed by atoms with van der Waals surface area (Å²) in [6, 6.07) is 15.1. The number of carbonyl (C=O) groups excluding carboxylic acids is 1. The van der Waals surface area contributed by atoms with Gasteiger partial charge in [-0.05, 0) is 24.3 Å². The van der Waals surface area contributed by atoms with Crippen LogP contribution >= 0.6 is 23.5 Å². The lowest BCUT2D eigenvalue weighted by Crippen LogP contribution is -2.30. The zero-order valence-corrected chi connectivity index (χ0v) is 16.1. The summed E-state index contributed by atoms with van der Waals surface area (Å²) < 4.78 is 39.5. The molecule has 4 rings (SSSR count). The number of halogens is 3. The van der Waals surface area contributed by atoms with Crippen LogP contribution in [0.3, 0.4) is 0 Å². The maximum absolute atomic E-state index is 13.0. The van der Waals surface area contributed by atoms with Crippen molar-refractivity contribution < 1.29 is 18.0 Å². The Morgan fingerprint density at radius 2 is 1.61 bits per heavy atom. The minimum Gasteiger partial charge on any atom is -0.302 e. The maximum Gasteiger partial charge on any atom is 0.451 e.